The summed E-state index contributed by atoms with van der Waals surface area (Å²) in [7, 11) is 1.76. The lowest BCUT2D eigenvalue weighted by atomic mass is 9.86. The molecule has 2 N–H and O–H groups in total. The molecule has 0 unspecified atom stereocenters. The van der Waals surface area contributed by atoms with Crippen molar-refractivity contribution in [2.75, 3.05) is 11.9 Å². The summed E-state index contributed by atoms with van der Waals surface area (Å²) in [6.07, 6.45) is -0.726. The van der Waals surface area contributed by atoms with Crippen LogP contribution in [-0.4, -0.2) is 33.6 Å². The third-order valence-corrected chi connectivity index (χ3v) is 7.17. The first kappa shape index (κ1) is 24.4. The molecule has 5 nitrogen and oxygen atoms in total. The SMILES string of the molecule is C[C@H]([C@@H](CNc1cc([C@@H](CC(=O)O)C2CC2)ccc1Cl)c1ccc2cnn(C)c2c1)C(F)(F)F. The first-order chi connectivity index (χ1) is 16.0. The molecule has 0 amide bonds. The van der Waals surface area contributed by atoms with Gasteiger partial charge in [0.05, 0.1) is 34.8 Å². The summed E-state index contributed by atoms with van der Waals surface area (Å²) in [4.78, 5) is 11.4. The Morgan fingerprint density at radius 2 is 1.94 bits per heavy atom. The van der Waals surface area contributed by atoms with Crippen LogP contribution in [-0.2, 0) is 11.8 Å². The topological polar surface area (TPSA) is 67.2 Å². The van der Waals surface area contributed by atoms with Crippen molar-refractivity contribution in [1.82, 2.24) is 9.78 Å². The minimum absolute atomic E-state index is 0.0141. The second-order valence-electron chi connectivity index (χ2n) is 9.19. The zero-order chi connectivity index (χ0) is 24.6. The van der Waals surface area contributed by atoms with Crippen molar-refractivity contribution >= 4 is 34.2 Å². The summed E-state index contributed by atoms with van der Waals surface area (Å²) >= 11 is 6.37. The number of aromatic nitrogens is 2. The van der Waals surface area contributed by atoms with E-state index in [-0.39, 0.29) is 18.9 Å². The molecule has 1 fully saturated rings. The number of alkyl halides is 3. The number of anilines is 1. The third-order valence-electron chi connectivity index (χ3n) is 6.84. The van der Waals surface area contributed by atoms with E-state index >= 15 is 0 Å². The van der Waals surface area contributed by atoms with E-state index in [4.69, 9.17) is 11.6 Å². The Kier molecular flexibility index (Phi) is 6.80. The van der Waals surface area contributed by atoms with Gasteiger partial charge in [0, 0.05) is 24.9 Å². The van der Waals surface area contributed by atoms with E-state index in [0.717, 1.165) is 29.3 Å². The minimum atomic E-state index is -4.38. The van der Waals surface area contributed by atoms with E-state index in [1.54, 1.807) is 48.3 Å². The van der Waals surface area contributed by atoms with Crippen LogP contribution in [0.4, 0.5) is 18.9 Å². The number of aliphatic carboxylic acids is 1. The highest BCUT2D eigenvalue weighted by Crippen LogP contribution is 2.46. The van der Waals surface area contributed by atoms with Crippen LogP contribution in [0.2, 0.25) is 5.02 Å². The van der Waals surface area contributed by atoms with Gasteiger partial charge in [-0.05, 0) is 54.0 Å². The van der Waals surface area contributed by atoms with Gasteiger partial charge in [-0.25, -0.2) is 0 Å². The van der Waals surface area contributed by atoms with E-state index < -0.39 is 24.0 Å². The Balaban J connectivity index is 1.62. The van der Waals surface area contributed by atoms with Gasteiger partial charge in [0.25, 0.3) is 0 Å². The molecule has 0 aliphatic heterocycles. The number of hydrogen-bond donors (Lipinski definition) is 2. The van der Waals surface area contributed by atoms with Crippen LogP contribution < -0.4 is 5.32 Å². The smallest absolute Gasteiger partial charge is 0.392 e. The molecular weight excluding hydrogens is 467 g/mol. The third kappa shape index (κ3) is 5.32. The highest BCUT2D eigenvalue weighted by atomic mass is 35.5. The molecule has 9 heteroatoms. The van der Waals surface area contributed by atoms with Crippen molar-refractivity contribution < 1.29 is 23.1 Å². The summed E-state index contributed by atoms with van der Waals surface area (Å²) in [5.74, 6) is -3.15. The zero-order valence-corrected chi connectivity index (χ0v) is 19.7. The number of rotatable bonds is 9. The van der Waals surface area contributed by atoms with Crippen molar-refractivity contribution in [2.24, 2.45) is 18.9 Å². The van der Waals surface area contributed by atoms with Crippen LogP contribution in [0.25, 0.3) is 10.9 Å². The van der Waals surface area contributed by atoms with Crippen molar-refractivity contribution in [3.05, 3.63) is 58.7 Å². The molecule has 3 atom stereocenters. The van der Waals surface area contributed by atoms with Crippen molar-refractivity contribution in [1.29, 1.82) is 0 Å². The number of nitrogens with one attached hydrogen (secondary N) is 1. The molecule has 4 rings (SSSR count). The van der Waals surface area contributed by atoms with Gasteiger partial charge in [-0.2, -0.15) is 18.3 Å². The van der Waals surface area contributed by atoms with Gasteiger partial charge in [0.15, 0.2) is 0 Å². The Labute approximate surface area is 200 Å². The van der Waals surface area contributed by atoms with Crippen LogP contribution in [0, 0.1) is 11.8 Å². The lowest BCUT2D eigenvalue weighted by molar-refractivity contribution is -0.174. The van der Waals surface area contributed by atoms with Crippen molar-refractivity contribution in [2.45, 2.75) is 44.2 Å². The second-order valence-corrected chi connectivity index (χ2v) is 9.59. The molecule has 182 valence electrons. The molecule has 34 heavy (non-hydrogen) atoms. The Morgan fingerprint density at radius 1 is 1.24 bits per heavy atom. The lowest BCUT2D eigenvalue weighted by Crippen LogP contribution is -2.30. The molecule has 0 spiro atoms. The fraction of sp³-hybridized carbons (Fsp3) is 0.440. The van der Waals surface area contributed by atoms with Crippen LogP contribution >= 0.6 is 11.6 Å². The van der Waals surface area contributed by atoms with E-state index in [2.05, 4.69) is 10.4 Å². The fourth-order valence-electron chi connectivity index (χ4n) is 4.58. The number of fused-ring (bicyclic) bond motifs is 1. The molecule has 1 saturated carbocycles. The van der Waals surface area contributed by atoms with Gasteiger partial charge in [0.2, 0.25) is 0 Å². The number of carbonyl (C=O) groups is 1. The van der Waals surface area contributed by atoms with E-state index in [9.17, 15) is 23.1 Å². The van der Waals surface area contributed by atoms with Gasteiger partial charge in [-0.15, -0.1) is 0 Å². The number of benzene rings is 2. The summed E-state index contributed by atoms with van der Waals surface area (Å²) < 4.78 is 43.0. The fourth-order valence-corrected chi connectivity index (χ4v) is 4.76. The van der Waals surface area contributed by atoms with Gasteiger partial charge in [-0.1, -0.05) is 36.7 Å². The quantitative estimate of drug-likeness (QED) is 0.353. The molecule has 3 aromatic rings. The summed E-state index contributed by atoms with van der Waals surface area (Å²) in [5, 5.41) is 17.9. The van der Waals surface area contributed by atoms with Crippen molar-refractivity contribution in [3.63, 3.8) is 0 Å². The summed E-state index contributed by atoms with van der Waals surface area (Å²) in [6, 6.07) is 10.5. The average Bonchev–Trinajstić information content (AvgIpc) is 3.55. The van der Waals surface area contributed by atoms with Gasteiger partial charge in [-0.3, -0.25) is 9.48 Å². The van der Waals surface area contributed by atoms with Gasteiger partial charge >= 0.3 is 12.1 Å². The predicted octanol–water partition coefficient (Wildman–Crippen LogP) is 6.59. The molecular formula is C25H27ClF3N3O2. The maximum Gasteiger partial charge on any atom is 0.392 e. The lowest BCUT2D eigenvalue weighted by Gasteiger charge is -2.28. The monoisotopic (exact) mass is 493 g/mol. The Hall–Kier alpha value is -2.74. The molecule has 1 aliphatic carbocycles. The molecule has 0 radical (unpaired) electrons. The normalized spacial score (nSPS) is 16.9. The van der Waals surface area contributed by atoms with Crippen LogP contribution in [0.1, 0.15) is 49.1 Å². The number of halogens is 4. The highest BCUT2D eigenvalue weighted by Gasteiger charge is 2.42. The van der Waals surface area contributed by atoms with Gasteiger partial charge in [0.1, 0.15) is 0 Å². The number of nitrogens with zero attached hydrogens (tertiary/aromatic N) is 2. The first-order valence-corrected chi connectivity index (χ1v) is 11.7. The highest BCUT2D eigenvalue weighted by molar-refractivity contribution is 6.33. The molecule has 0 saturated heterocycles. The van der Waals surface area contributed by atoms with E-state index in [1.807, 2.05) is 6.07 Å². The molecule has 0 bridgehead atoms. The van der Waals surface area contributed by atoms with Crippen LogP contribution in [0.3, 0.4) is 0 Å². The summed E-state index contributed by atoms with van der Waals surface area (Å²) in [5.41, 5.74) is 2.67. The van der Waals surface area contributed by atoms with E-state index in [0.29, 0.717) is 22.2 Å². The standard InChI is InChI=1S/C25H27ClF3N3O2/c1-14(25(27,28)29)20(17-5-6-18-12-31-32(2)23(18)10-17)13-30-22-9-16(7-8-21(22)26)19(11-24(33)34)15-3-4-15/h5-10,12,14-15,19-20,30H,3-4,11,13H2,1-2H3,(H,33,34)/t14-,19+,20-/m1/s1. The Bertz CT molecular complexity index is 1190. The molecule has 1 heterocycles. The van der Waals surface area contributed by atoms with Crippen LogP contribution in [0.15, 0.2) is 42.6 Å². The maximum atomic E-state index is 13.8. The molecule has 1 aromatic heterocycles. The van der Waals surface area contributed by atoms with Crippen LogP contribution in [0.5, 0.6) is 0 Å². The molecule has 2 aromatic carbocycles. The van der Waals surface area contributed by atoms with E-state index in [1.165, 1.54) is 6.92 Å². The predicted molar refractivity (Wildman–Crippen MR) is 126 cm³/mol. The number of hydrogen-bond acceptors (Lipinski definition) is 3. The average molecular weight is 494 g/mol. The molecule has 1 aliphatic rings. The minimum Gasteiger partial charge on any atom is -0.481 e. The summed E-state index contributed by atoms with van der Waals surface area (Å²) in [6.45, 7) is 1.20. The van der Waals surface area contributed by atoms with Crippen molar-refractivity contribution in [3.8, 4) is 0 Å². The van der Waals surface area contributed by atoms with Gasteiger partial charge < -0.3 is 10.4 Å². The zero-order valence-electron chi connectivity index (χ0n) is 18.9. The first-order valence-electron chi connectivity index (χ1n) is 11.3. The number of carboxylic acids is 1. The Morgan fingerprint density at radius 3 is 2.59 bits per heavy atom. The maximum absolute atomic E-state index is 13.8. The number of carboxylic acid groups (broad SMARTS) is 1. The second kappa shape index (κ2) is 9.49. The number of aryl methyl sites for hydroxylation is 1. The largest absolute Gasteiger partial charge is 0.481 e.